The van der Waals surface area contributed by atoms with Crippen molar-refractivity contribution in [2.75, 3.05) is 0 Å². The van der Waals surface area contributed by atoms with Crippen molar-refractivity contribution in [1.82, 2.24) is 0 Å². The fraction of sp³-hybridized carbons (Fsp3) is 0.316. The Morgan fingerprint density at radius 3 is 2.52 bits per heavy atom. The van der Waals surface area contributed by atoms with Crippen LogP contribution in [0, 0.1) is 5.92 Å². The molecule has 106 valence electrons. The molecule has 0 spiro atoms. The van der Waals surface area contributed by atoms with E-state index in [1.165, 1.54) is 22.3 Å². The van der Waals surface area contributed by atoms with Gasteiger partial charge in [0.25, 0.3) is 0 Å². The third-order valence-electron chi connectivity index (χ3n) is 5.13. The number of nitrogens with zero attached hydrogens (tertiary/aromatic N) is 1. The minimum atomic E-state index is 0.315. The van der Waals surface area contributed by atoms with Gasteiger partial charge >= 0.3 is 0 Å². The van der Waals surface area contributed by atoms with Gasteiger partial charge in [-0.05, 0) is 47.2 Å². The van der Waals surface area contributed by atoms with E-state index in [9.17, 15) is 0 Å². The van der Waals surface area contributed by atoms with Gasteiger partial charge in [0.05, 0.1) is 6.04 Å². The molecular formula is C19H18ClN. The molecule has 2 aliphatic rings. The Labute approximate surface area is 130 Å². The first-order valence-corrected chi connectivity index (χ1v) is 7.96. The molecule has 0 radical (unpaired) electrons. The van der Waals surface area contributed by atoms with E-state index in [-0.39, 0.29) is 0 Å². The Kier molecular flexibility index (Phi) is 2.93. The monoisotopic (exact) mass is 295 g/mol. The maximum absolute atomic E-state index is 6.27. The molecule has 4 rings (SSSR count). The van der Waals surface area contributed by atoms with E-state index in [0.29, 0.717) is 23.8 Å². The van der Waals surface area contributed by atoms with Crippen molar-refractivity contribution in [1.29, 1.82) is 0 Å². The lowest BCUT2D eigenvalue weighted by Crippen LogP contribution is -2.21. The van der Waals surface area contributed by atoms with Crippen molar-refractivity contribution in [3.63, 3.8) is 0 Å². The van der Waals surface area contributed by atoms with Crippen LogP contribution in [-0.4, -0.2) is 12.3 Å². The molecule has 0 amide bonds. The number of benzene rings is 2. The highest BCUT2D eigenvalue weighted by molar-refractivity contribution is 6.30. The summed E-state index contributed by atoms with van der Waals surface area (Å²) < 4.78 is 0. The van der Waals surface area contributed by atoms with Gasteiger partial charge in [-0.1, -0.05) is 48.9 Å². The van der Waals surface area contributed by atoms with Crippen LogP contribution in [0.2, 0.25) is 5.02 Å². The predicted molar refractivity (Wildman–Crippen MR) is 88.7 cm³/mol. The van der Waals surface area contributed by atoms with Crippen LogP contribution in [-0.2, 0) is 0 Å². The predicted octanol–water partition coefficient (Wildman–Crippen LogP) is 5.03. The molecule has 0 saturated heterocycles. The number of rotatable bonds is 0. The van der Waals surface area contributed by atoms with Gasteiger partial charge in [0.1, 0.15) is 0 Å². The van der Waals surface area contributed by atoms with E-state index in [0.717, 1.165) is 5.02 Å². The molecule has 1 aliphatic heterocycles. The molecule has 2 bridgehead atoms. The van der Waals surface area contributed by atoms with Crippen molar-refractivity contribution < 1.29 is 0 Å². The second-order valence-corrected chi connectivity index (χ2v) is 6.72. The van der Waals surface area contributed by atoms with Crippen LogP contribution in [0.5, 0.6) is 0 Å². The van der Waals surface area contributed by atoms with Crippen molar-refractivity contribution >= 4 is 17.8 Å². The van der Waals surface area contributed by atoms with Crippen molar-refractivity contribution in [3.8, 4) is 0 Å². The number of aliphatic imine (C=N–C) groups is 1. The SMILES string of the molecule is CC1N=Cc2ccc(Cl)cc2C2c3ccccc3C1C2C. The van der Waals surface area contributed by atoms with Crippen LogP contribution in [0.4, 0.5) is 0 Å². The zero-order valence-electron chi connectivity index (χ0n) is 12.3. The van der Waals surface area contributed by atoms with Crippen LogP contribution in [0.3, 0.4) is 0 Å². The molecule has 2 aromatic carbocycles. The van der Waals surface area contributed by atoms with Crippen LogP contribution in [0.15, 0.2) is 47.5 Å². The van der Waals surface area contributed by atoms with Gasteiger partial charge < -0.3 is 0 Å². The molecule has 4 unspecified atom stereocenters. The lowest BCUT2D eigenvalue weighted by molar-refractivity contribution is 0.409. The van der Waals surface area contributed by atoms with Crippen molar-refractivity contribution in [2.45, 2.75) is 31.7 Å². The minimum Gasteiger partial charge on any atom is -0.289 e. The van der Waals surface area contributed by atoms with Gasteiger partial charge in [-0.3, -0.25) is 4.99 Å². The number of fused-ring (bicyclic) bond motifs is 7. The topological polar surface area (TPSA) is 12.4 Å². The molecule has 4 atom stereocenters. The minimum absolute atomic E-state index is 0.315. The summed E-state index contributed by atoms with van der Waals surface area (Å²) in [6, 6.07) is 15.3. The van der Waals surface area contributed by atoms with Gasteiger partial charge in [0.2, 0.25) is 0 Å². The molecule has 1 nitrogen and oxygen atoms in total. The Bertz CT molecular complexity index is 734. The second kappa shape index (κ2) is 4.71. The molecule has 1 heterocycles. The van der Waals surface area contributed by atoms with Gasteiger partial charge in [-0.15, -0.1) is 0 Å². The Balaban J connectivity index is 2.03. The number of halogens is 1. The first kappa shape index (κ1) is 13.1. The zero-order chi connectivity index (χ0) is 14.6. The summed E-state index contributed by atoms with van der Waals surface area (Å²) in [5.41, 5.74) is 5.45. The van der Waals surface area contributed by atoms with Crippen molar-refractivity contribution in [3.05, 3.63) is 69.7 Å². The van der Waals surface area contributed by atoms with Gasteiger partial charge in [-0.25, -0.2) is 0 Å². The highest BCUT2D eigenvalue weighted by Gasteiger charge is 2.42. The maximum Gasteiger partial charge on any atom is 0.0543 e. The third-order valence-corrected chi connectivity index (χ3v) is 5.37. The Morgan fingerprint density at radius 1 is 0.952 bits per heavy atom. The average molecular weight is 296 g/mol. The van der Waals surface area contributed by atoms with E-state index >= 15 is 0 Å². The number of hydrogen-bond donors (Lipinski definition) is 0. The van der Waals surface area contributed by atoms with E-state index in [2.05, 4.69) is 50.2 Å². The van der Waals surface area contributed by atoms with E-state index in [1.807, 2.05) is 12.3 Å². The molecule has 0 N–H and O–H groups in total. The maximum atomic E-state index is 6.27. The molecule has 1 aliphatic carbocycles. The molecule has 21 heavy (non-hydrogen) atoms. The lowest BCUT2D eigenvalue weighted by Gasteiger charge is -2.28. The molecule has 0 aromatic heterocycles. The quantitative estimate of drug-likeness (QED) is 0.646. The van der Waals surface area contributed by atoms with Gasteiger partial charge in [-0.2, -0.15) is 0 Å². The van der Waals surface area contributed by atoms with E-state index < -0.39 is 0 Å². The summed E-state index contributed by atoms with van der Waals surface area (Å²) in [4.78, 5) is 4.81. The van der Waals surface area contributed by atoms with E-state index in [1.54, 1.807) is 0 Å². The summed E-state index contributed by atoms with van der Waals surface area (Å²) in [5, 5.41) is 0.809. The molecule has 0 saturated carbocycles. The molecule has 2 heteroatoms. The van der Waals surface area contributed by atoms with Crippen LogP contribution in [0.1, 0.15) is 47.9 Å². The van der Waals surface area contributed by atoms with Crippen molar-refractivity contribution in [2.24, 2.45) is 10.9 Å². The van der Waals surface area contributed by atoms with Gasteiger partial charge in [0, 0.05) is 23.1 Å². The molecule has 2 aromatic rings. The summed E-state index contributed by atoms with van der Waals surface area (Å²) in [6.07, 6.45) is 2.04. The second-order valence-electron chi connectivity index (χ2n) is 6.28. The van der Waals surface area contributed by atoms with Crippen LogP contribution in [0.25, 0.3) is 0 Å². The van der Waals surface area contributed by atoms with E-state index in [4.69, 9.17) is 16.6 Å². The fourth-order valence-electron chi connectivity index (χ4n) is 4.24. The Hall–Kier alpha value is -1.60. The average Bonchev–Trinajstić information content (AvgIpc) is 2.78. The first-order chi connectivity index (χ1) is 10.2. The number of hydrogen-bond acceptors (Lipinski definition) is 1. The zero-order valence-corrected chi connectivity index (χ0v) is 13.0. The summed E-state index contributed by atoms with van der Waals surface area (Å²) in [5.74, 6) is 1.47. The summed E-state index contributed by atoms with van der Waals surface area (Å²) >= 11 is 6.27. The largest absolute Gasteiger partial charge is 0.289 e. The summed E-state index contributed by atoms with van der Waals surface area (Å²) in [7, 11) is 0. The highest BCUT2D eigenvalue weighted by atomic mass is 35.5. The van der Waals surface area contributed by atoms with Gasteiger partial charge in [0.15, 0.2) is 0 Å². The smallest absolute Gasteiger partial charge is 0.0543 e. The molecule has 0 fully saturated rings. The lowest BCUT2D eigenvalue weighted by atomic mass is 9.79. The highest BCUT2D eigenvalue weighted by Crippen LogP contribution is 2.52. The standard InChI is InChI=1S/C19H18ClN/c1-11-18-12(2)21-10-13-7-8-14(20)9-17(13)19(11)16-6-4-3-5-15(16)18/h3-12,18-19H,1-2H3. The normalized spacial score (nSPS) is 29.5. The fourth-order valence-corrected chi connectivity index (χ4v) is 4.43. The summed E-state index contributed by atoms with van der Waals surface area (Å²) in [6.45, 7) is 4.59. The molecular weight excluding hydrogens is 278 g/mol. The van der Waals surface area contributed by atoms with Crippen LogP contribution < -0.4 is 0 Å². The first-order valence-electron chi connectivity index (χ1n) is 7.58. The Morgan fingerprint density at radius 2 is 1.71 bits per heavy atom. The third kappa shape index (κ3) is 1.87. The van der Waals surface area contributed by atoms with Crippen LogP contribution >= 0.6 is 11.6 Å².